The molecular weight excluding hydrogens is 368 g/mol. The van der Waals surface area contributed by atoms with E-state index in [0.717, 1.165) is 37.2 Å². The fourth-order valence-electron chi connectivity index (χ4n) is 4.34. The summed E-state index contributed by atoms with van der Waals surface area (Å²) in [7, 11) is 0. The number of hydrogen-bond donors (Lipinski definition) is 0. The summed E-state index contributed by atoms with van der Waals surface area (Å²) in [6, 6.07) is 0. The van der Waals surface area contributed by atoms with Crippen LogP contribution < -0.4 is 0 Å². The zero-order valence-electron chi connectivity index (χ0n) is 17.0. The van der Waals surface area contributed by atoms with E-state index < -0.39 is 0 Å². The van der Waals surface area contributed by atoms with Gasteiger partial charge < -0.3 is 9.80 Å². The van der Waals surface area contributed by atoms with E-state index in [1.165, 1.54) is 0 Å². The smallest absolute Gasteiger partial charge is 0.257 e. The third kappa shape index (κ3) is 4.26. The minimum absolute atomic E-state index is 0.0306. The first-order valence-corrected chi connectivity index (χ1v) is 10.1. The first kappa shape index (κ1) is 19.4. The Bertz CT molecular complexity index is 892. The topological polar surface area (TPSA) is 92.2 Å². The second kappa shape index (κ2) is 7.85. The summed E-state index contributed by atoms with van der Waals surface area (Å²) in [5, 5.41) is 0. The van der Waals surface area contributed by atoms with Gasteiger partial charge in [0.05, 0.1) is 29.7 Å². The van der Waals surface area contributed by atoms with Crippen LogP contribution in [0, 0.1) is 19.3 Å². The van der Waals surface area contributed by atoms with Crippen molar-refractivity contribution in [1.82, 2.24) is 29.7 Å². The molecule has 2 fully saturated rings. The molecule has 2 aliphatic rings. The lowest BCUT2D eigenvalue weighted by atomic mass is 9.73. The summed E-state index contributed by atoms with van der Waals surface area (Å²) >= 11 is 0. The third-order valence-electron chi connectivity index (χ3n) is 5.91. The predicted octanol–water partition coefficient (Wildman–Crippen LogP) is 1.93. The first-order valence-electron chi connectivity index (χ1n) is 10.1. The first-order chi connectivity index (χ1) is 13.9. The summed E-state index contributed by atoms with van der Waals surface area (Å²) in [5.74, 6) is 0.766. The molecule has 0 aliphatic carbocycles. The van der Waals surface area contributed by atoms with Crippen molar-refractivity contribution in [2.75, 3.05) is 19.6 Å². The standard InChI is InChI=1S/C21H26N6O2/c1-15-8-25-18(11-22-15)12-27-14-21(6-4-19(27)28)5-3-7-26(13-21)20(29)17-9-23-16(2)24-10-17/h8-11H,3-7,12-14H2,1-2H3/t21-/m1/s1. The number of likely N-dealkylation sites (tertiary alicyclic amines) is 2. The second-order valence-corrected chi connectivity index (χ2v) is 8.25. The van der Waals surface area contributed by atoms with Crippen LogP contribution in [-0.4, -0.2) is 61.2 Å². The quantitative estimate of drug-likeness (QED) is 0.790. The lowest BCUT2D eigenvalue weighted by molar-refractivity contribution is -0.139. The molecule has 2 aromatic rings. The molecule has 0 unspecified atom stereocenters. The molecule has 1 atom stereocenters. The molecule has 8 heteroatoms. The van der Waals surface area contributed by atoms with Crippen molar-refractivity contribution >= 4 is 11.8 Å². The number of amides is 2. The van der Waals surface area contributed by atoms with Crippen LogP contribution in [0.3, 0.4) is 0 Å². The monoisotopic (exact) mass is 394 g/mol. The molecule has 2 aromatic heterocycles. The number of rotatable bonds is 3. The third-order valence-corrected chi connectivity index (χ3v) is 5.91. The SMILES string of the molecule is Cc1cnc(CN2C[C@]3(CCCN(C(=O)c4cnc(C)nc4)C3)CCC2=O)cn1. The van der Waals surface area contributed by atoms with E-state index in [4.69, 9.17) is 0 Å². The fourth-order valence-corrected chi connectivity index (χ4v) is 4.34. The van der Waals surface area contributed by atoms with Crippen molar-refractivity contribution in [2.45, 2.75) is 46.1 Å². The second-order valence-electron chi connectivity index (χ2n) is 8.25. The molecule has 4 heterocycles. The molecule has 0 bridgehead atoms. The number of hydrogen-bond acceptors (Lipinski definition) is 6. The summed E-state index contributed by atoms with van der Waals surface area (Å²) < 4.78 is 0. The molecule has 8 nitrogen and oxygen atoms in total. The molecular formula is C21H26N6O2. The number of aromatic nitrogens is 4. The van der Waals surface area contributed by atoms with Crippen LogP contribution in [0.2, 0.25) is 0 Å². The zero-order chi connectivity index (χ0) is 20.4. The molecule has 2 aliphatic heterocycles. The largest absolute Gasteiger partial charge is 0.338 e. The van der Waals surface area contributed by atoms with E-state index in [-0.39, 0.29) is 17.2 Å². The van der Waals surface area contributed by atoms with E-state index in [0.29, 0.717) is 37.4 Å². The Labute approximate surface area is 170 Å². The number of carbonyl (C=O) groups is 2. The highest BCUT2D eigenvalue weighted by Crippen LogP contribution is 2.39. The van der Waals surface area contributed by atoms with Crippen LogP contribution >= 0.6 is 0 Å². The normalized spacial score (nSPS) is 22.2. The maximum atomic E-state index is 13.0. The van der Waals surface area contributed by atoms with Crippen LogP contribution in [0.1, 0.15) is 53.3 Å². The number of aryl methyl sites for hydroxylation is 2. The van der Waals surface area contributed by atoms with Gasteiger partial charge in [-0.05, 0) is 33.1 Å². The Balaban J connectivity index is 1.47. The predicted molar refractivity (Wildman–Crippen MR) is 106 cm³/mol. The number of carbonyl (C=O) groups excluding carboxylic acids is 2. The molecule has 2 amide bonds. The molecule has 152 valence electrons. The molecule has 2 saturated heterocycles. The van der Waals surface area contributed by atoms with Gasteiger partial charge in [-0.1, -0.05) is 0 Å². The molecule has 0 radical (unpaired) electrons. The lowest BCUT2D eigenvalue weighted by Gasteiger charge is -2.48. The zero-order valence-corrected chi connectivity index (χ0v) is 17.0. The highest BCUT2D eigenvalue weighted by atomic mass is 16.2. The van der Waals surface area contributed by atoms with Gasteiger partial charge in [0.1, 0.15) is 5.82 Å². The van der Waals surface area contributed by atoms with Crippen LogP contribution in [0.25, 0.3) is 0 Å². The highest BCUT2D eigenvalue weighted by molar-refractivity contribution is 5.93. The molecule has 0 saturated carbocycles. The lowest BCUT2D eigenvalue weighted by Crippen LogP contribution is -2.54. The Morgan fingerprint density at radius 1 is 1.03 bits per heavy atom. The summed E-state index contributed by atoms with van der Waals surface area (Å²) in [6.07, 6.45) is 9.93. The van der Waals surface area contributed by atoms with Crippen molar-refractivity contribution in [3.63, 3.8) is 0 Å². The van der Waals surface area contributed by atoms with Gasteiger partial charge in [0.25, 0.3) is 5.91 Å². The molecule has 4 rings (SSSR count). The molecule has 1 spiro atoms. The van der Waals surface area contributed by atoms with Crippen LogP contribution in [0.15, 0.2) is 24.8 Å². The van der Waals surface area contributed by atoms with Crippen LogP contribution in [-0.2, 0) is 11.3 Å². The fraction of sp³-hybridized carbons (Fsp3) is 0.524. The van der Waals surface area contributed by atoms with Gasteiger partial charge in [-0.2, -0.15) is 0 Å². The van der Waals surface area contributed by atoms with E-state index in [9.17, 15) is 9.59 Å². The van der Waals surface area contributed by atoms with Crippen molar-refractivity contribution in [3.8, 4) is 0 Å². The van der Waals surface area contributed by atoms with Gasteiger partial charge in [-0.15, -0.1) is 0 Å². The van der Waals surface area contributed by atoms with E-state index in [1.54, 1.807) is 31.7 Å². The minimum Gasteiger partial charge on any atom is -0.338 e. The minimum atomic E-state index is -0.0640. The Morgan fingerprint density at radius 2 is 1.83 bits per heavy atom. The average Bonchev–Trinajstić information content (AvgIpc) is 2.73. The summed E-state index contributed by atoms with van der Waals surface area (Å²) in [4.78, 5) is 46.3. The maximum absolute atomic E-state index is 13.0. The van der Waals surface area contributed by atoms with Gasteiger partial charge in [-0.25, -0.2) is 9.97 Å². The molecule has 0 aromatic carbocycles. The van der Waals surface area contributed by atoms with E-state index in [2.05, 4.69) is 19.9 Å². The van der Waals surface area contributed by atoms with Crippen LogP contribution in [0.5, 0.6) is 0 Å². The van der Waals surface area contributed by atoms with Crippen molar-refractivity contribution in [3.05, 3.63) is 47.6 Å². The Kier molecular flexibility index (Phi) is 5.25. The maximum Gasteiger partial charge on any atom is 0.257 e. The van der Waals surface area contributed by atoms with Crippen molar-refractivity contribution in [2.24, 2.45) is 5.41 Å². The number of piperidine rings is 2. The van der Waals surface area contributed by atoms with Crippen molar-refractivity contribution < 1.29 is 9.59 Å². The van der Waals surface area contributed by atoms with Crippen LogP contribution in [0.4, 0.5) is 0 Å². The van der Waals surface area contributed by atoms with Gasteiger partial charge >= 0.3 is 0 Å². The van der Waals surface area contributed by atoms with Gasteiger partial charge in [0.15, 0.2) is 0 Å². The Morgan fingerprint density at radius 3 is 2.55 bits per heavy atom. The van der Waals surface area contributed by atoms with Gasteiger partial charge in [-0.3, -0.25) is 19.6 Å². The van der Waals surface area contributed by atoms with Crippen molar-refractivity contribution in [1.29, 1.82) is 0 Å². The van der Waals surface area contributed by atoms with Gasteiger partial charge in [0, 0.05) is 50.1 Å². The van der Waals surface area contributed by atoms with E-state index in [1.807, 2.05) is 16.7 Å². The molecule has 29 heavy (non-hydrogen) atoms. The Hall–Kier alpha value is -2.90. The molecule has 0 N–H and O–H groups in total. The average molecular weight is 394 g/mol. The summed E-state index contributed by atoms with van der Waals surface area (Å²) in [5.41, 5.74) is 2.11. The van der Waals surface area contributed by atoms with Gasteiger partial charge in [0.2, 0.25) is 5.91 Å². The summed E-state index contributed by atoms with van der Waals surface area (Å²) in [6.45, 7) is 6.19. The highest BCUT2D eigenvalue weighted by Gasteiger charge is 2.43. The van der Waals surface area contributed by atoms with E-state index >= 15 is 0 Å². The number of nitrogens with zero attached hydrogens (tertiary/aromatic N) is 6.